The Morgan fingerprint density at radius 3 is 2.36 bits per heavy atom. The summed E-state index contributed by atoms with van der Waals surface area (Å²) < 4.78 is 0. The van der Waals surface area contributed by atoms with E-state index in [1.54, 1.807) is 24.3 Å². The van der Waals surface area contributed by atoms with E-state index < -0.39 is 0 Å². The molecule has 2 aliphatic heterocycles. The predicted octanol–water partition coefficient (Wildman–Crippen LogP) is 1.77. The van der Waals surface area contributed by atoms with Crippen LogP contribution in [0.3, 0.4) is 0 Å². The lowest BCUT2D eigenvalue weighted by Gasteiger charge is -2.42. The van der Waals surface area contributed by atoms with Gasteiger partial charge in [-0.1, -0.05) is 12.1 Å². The first-order chi connectivity index (χ1) is 13.6. The molecule has 0 unspecified atom stereocenters. The van der Waals surface area contributed by atoms with E-state index in [-0.39, 0.29) is 24.3 Å². The van der Waals surface area contributed by atoms with Crippen LogP contribution in [0.2, 0.25) is 0 Å². The first-order valence-corrected chi connectivity index (χ1v) is 10.7. The number of rotatable bonds is 5. The minimum atomic E-state index is -0.00459. The third-order valence-electron chi connectivity index (χ3n) is 6.40. The van der Waals surface area contributed by atoms with Crippen LogP contribution in [-0.4, -0.2) is 65.0 Å². The van der Waals surface area contributed by atoms with Crippen LogP contribution in [0.1, 0.15) is 54.4 Å². The van der Waals surface area contributed by atoms with Gasteiger partial charge in [0.15, 0.2) is 0 Å². The van der Waals surface area contributed by atoms with Crippen molar-refractivity contribution in [3.8, 4) is 0 Å². The van der Waals surface area contributed by atoms with Crippen LogP contribution < -0.4 is 5.32 Å². The maximum Gasteiger partial charge on any atom is 0.253 e. The van der Waals surface area contributed by atoms with Gasteiger partial charge in [0, 0.05) is 37.3 Å². The second-order valence-electron chi connectivity index (χ2n) is 8.50. The summed E-state index contributed by atoms with van der Waals surface area (Å²) in [5.74, 6) is 0.438. The molecule has 1 atom stereocenters. The lowest BCUT2D eigenvalue weighted by atomic mass is 9.93. The van der Waals surface area contributed by atoms with E-state index in [9.17, 15) is 9.59 Å². The zero-order valence-corrected chi connectivity index (χ0v) is 16.5. The summed E-state index contributed by atoms with van der Waals surface area (Å²) in [6, 6.07) is 8.11. The van der Waals surface area contributed by atoms with E-state index in [2.05, 4.69) is 10.2 Å². The number of hydrogen-bond donors (Lipinski definition) is 2. The fourth-order valence-corrected chi connectivity index (χ4v) is 4.47. The van der Waals surface area contributed by atoms with Gasteiger partial charge in [-0.15, -0.1) is 0 Å². The molecule has 152 valence electrons. The molecule has 6 heteroatoms. The number of carbonyl (C=O) groups is 2. The highest BCUT2D eigenvalue weighted by Crippen LogP contribution is 2.26. The van der Waals surface area contributed by atoms with Crippen molar-refractivity contribution in [1.82, 2.24) is 15.1 Å². The van der Waals surface area contributed by atoms with Crippen LogP contribution in [0, 0.1) is 5.92 Å². The summed E-state index contributed by atoms with van der Waals surface area (Å²) in [7, 11) is 0. The fourth-order valence-electron chi connectivity index (χ4n) is 4.47. The van der Waals surface area contributed by atoms with Gasteiger partial charge in [0.1, 0.15) is 0 Å². The maximum atomic E-state index is 12.7. The highest BCUT2D eigenvalue weighted by Gasteiger charge is 2.34. The normalized spacial score (nSPS) is 24.2. The molecule has 3 fully saturated rings. The molecule has 0 aromatic heterocycles. The van der Waals surface area contributed by atoms with Crippen molar-refractivity contribution in [2.24, 2.45) is 5.92 Å². The van der Waals surface area contributed by atoms with Crippen molar-refractivity contribution >= 4 is 11.8 Å². The van der Waals surface area contributed by atoms with Crippen molar-refractivity contribution in [3.05, 3.63) is 35.4 Å². The smallest absolute Gasteiger partial charge is 0.253 e. The van der Waals surface area contributed by atoms with Gasteiger partial charge in [0.2, 0.25) is 5.91 Å². The second kappa shape index (κ2) is 8.62. The monoisotopic (exact) mass is 385 g/mol. The minimum absolute atomic E-state index is 0.00459. The number of nitrogens with one attached hydrogen (secondary N) is 1. The lowest BCUT2D eigenvalue weighted by Crippen LogP contribution is -2.51. The molecular formula is C22H31N3O3. The zero-order chi connectivity index (χ0) is 19.5. The van der Waals surface area contributed by atoms with Crippen LogP contribution in [0.15, 0.2) is 24.3 Å². The molecule has 1 aromatic rings. The Bertz CT molecular complexity index is 693. The average molecular weight is 386 g/mol. The molecule has 2 saturated heterocycles. The highest BCUT2D eigenvalue weighted by molar-refractivity contribution is 5.94. The van der Waals surface area contributed by atoms with Gasteiger partial charge in [0.05, 0.1) is 12.5 Å². The number of benzene rings is 1. The van der Waals surface area contributed by atoms with E-state index in [0.29, 0.717) is 17.6 Å². The number of amides is 2. The molecule has 2 amide bonds. The van der Waals surface area contributed by atoms with Crippen LogP contribution in [0.4, 0.5) is 0 Å². The molecule has 6 nitrogen and oxygen atoms in total. The van der Waals surface area contributed by atoms with Crippen molar-refractivity contribution in [2.75, 3.05) is 26.2 Å². The van der Waals surface area contributed by atoms with Gasteiger partial charge in [0.25, 0.3) is 5.91 Å². The summed E-state index contributed by atoms with van der Waals surface area (Å²) in [6.07, 6.45) is 6.29. The molecule has 2 heterocycles. The van der Waals surface area contributed by atoms with E-state index in [1.807, 2.05) is 4.90 Å². The third-order valence-corrected chi connectivity index (χ3v) is 6.40. The Balaban J connectivity index is 1.28. The molecule has 4 rings (SSSR count). The summed E-state index contributed by atoms with van der Waals surface area (Å²) >= 11 is 0. The first-order valence-electron chi connectivity index (χ1n) is 10.7. The Hall–Kier alpha value is -1.92. The number of likely N-dealkylation sites (tertiary alicyclic amines) is 2. The third kappa shape index (κ3) is 4.55. The standard InChI is InChI=1S/C22H31N3O3/c26-15-16-3-5-17(6-4-16)22(28)24-12-9-20(10-13-24)25-11-1-2-18(14-25)21(27)23-19-7-8-19/h3-6,18-20,26H,1-2,7-15H2,(H,23,27)/t18-/m0/s1. The molecule has 1 aliphatic carbocycles. The molecule has 3 aliphatic rings. The summed E-state index contributed by atoms with van der Waals surface area (Å²) in [5, 5.41) is 12.3. The van der Waals surface area contributed by atoms with E-state index in [0.717, 1.165) is 70.3 Å². The minimum Gasteiger partial charge on any atom is -0.392 e. The Labute approximate surface area is 166 Å². The number of carbonyl (C=O) groups excluding carboxylic acids is 2. The molecule has 0 spiro atoms. The number of aliphatic hydroxyl groups excluding tert-OH is 1. The highest BCUT2D eigenvalue weighted by atomic mass is 16.3. The van der Waals surface area contributed by atoms with Gasteiger partial charge in [-0.25, -0.2) is 0 Å². The lowest BCUT2D eigenvalue weighted by molar-refractivity contribution is -0.127. The molecule has 0 radical (unpaired) electrons. The number of aliphatic hydroxyl groups is 1. The Morgan fingerprint density at radius 1 is 1.00 bits per heavy atom. The maximum absolute atomic E-state index is 12.7. The Morgan fingerprint density at radius 2 is 1.71 bits per heavy atom. The van der Waals surface area contributed by atoms with Crippen molar-refractivity contribution in [3.63, 3.8) is 0 Å². The predicted molar refractivity (Wildman–Crippen MR) is 107 cm³/mol. The molecule has 1 aromatic carbocycles. The van der Waals surface area contributed by atoms with Crippen molar-refractivity contribution < 1.29 is 14.7 Å². The second-order valence-corrected chi connectivity index (χ2v) is 8.50. The van der Waals surface area contributed by atoms with Crippen LogP contribution in [0.5, 0.6) is 0 Å². The molecule has 1 saturated carbocycles. The Kier molecular flexibility index (Phi) is 5.97. The fraction of sp³-hybridized carbons (Fsp3) is 0.636. The quantitative estimate of drug-likeness (QED) is 0.810. The molecule has 2 N–H and O–H groups in total. The molecular weight excluding hydrogens is 354 g/mol. The summed E-state index contributed by atoms with van der Waals surface area (Å²) in [4.78, 5) is 29.6. The van der Waals surface area contributed by atoms with E-state index in [4.69, 9.17) is 5.11 Å². The van der Waals surface area contributed by atoms with Gasteiger partial charge in [-0.2, -0.15) is 0 Å². The molecule has 28 heavy (non-hydrogen) atoms. The van der Waals surface area contributed by atoms with E-state index >= 15 is 0 Å². The number of piperidine rings is 2. The van der Waals surface area contributed by atoms with E-state index in [1.165, 1.54) is 0 Å². The van der Waals surface area contributed by atoms with Gasteiger partial charge >= 0.3 is 0 Å². The van der Waals surface area contributed by atoms with Gasteiger partial charge < -0.3 is 15.3 Å². The van der Waals surface area contributed by atoms with Crippen LogP contribution in [-0.2, 0) is 11.4 Å². The van der Waals surface area contributed by atoms with Crippen LogP contribution in [0.25, 0.3) is 0 Å². The number of hydrogen-bond acceptors (Lipinski definition) is 4. The first kappa shape index (κ1) is 19.4. The van der Waals surface area contributed by atoms with Crippen LogP contribution >= 0.6 is 0 Å². The molecule has 0 bridgehead atoms. The summed E-state index contributed by atoms with van der Waals surface area (Å²) in [5.41, 5.74) is 1.51. The summed E-state index contributed by atoms with van der Waals surface area (Å²) in [6.45, 7) is 3.45. The average Bonchev–Trinajstić information content (AvgIpc) is 3.57. The van der Waals surface area contributed by atoms with Crippen molar-refractivity contribution in [1.29, 1.82) is 0 Å². The topological polar surface area (TPSA) is 72.9 Å². The zero-order valence-electron chi connectivity index (χ0n) is 16.5. The van der Waals surface area contributed by atoms with Crippen molar-refractivity contribution in [2.45, 2.75) is 57.2 Å². The van der Waals surface area contributed by atoms with Gasteiger partial charge in [-0.3, -0.25) is 14.5 Å². The number of nitrogens with zero attached hydrogens (tertiary/aromatic N) is 2. The van der Waals surface area contributed by atoms with Gasteiger partial charge in [-0.05, 0) is 62.8 Å². The SMILES string of the molecule is O=C(NC1CC1)[C@H]1CCCN(C2CCN(C(=O)c3ccc(CO)cc3)CC2)C1. The largest absolute Gasteiger partial charge is 0.392 e.